The summed E-state index contributed by atoms with van der Waals surface area (Å²) in [5, 5.41) is 6.75. The molecule has 1 fully saturated rings. The average Bonchev–Trinajstić information content (AvgIpc) is 3.16. The molecule has 0 radical (unpaired) electrons. The van der Waals surface area contributed by atoms with Gasteiger partial charge in [-0.3, -0.25) is 9.78 Å². The quantitative estimate of drug-likeness (QED) is 0.923. The Morgan fingerprint density at radius 3 is 2.86 bits per heavy atom. The van der Waals surface area contributed by atoms with Gasteiger partial charge >= 0.3 is 0 Å². The first-order valence-electron chi connectivity index (χ1n) is 6.80. The number of pyridine rings is 1. The van der Waals surface area contributed by atoms with E-state index in [0.717, 1.165) is 29.9 Å². The minimum absolute atomic E-state index is 0.103. The summed E-state index contributed by atoms with van der Waals surface area (Å²) < 4.78 is 23.2. The molecular formula is C14H15N3O3S2. The number of hydrogen-bond acceptors (Lipinski definition) is 5. The van der Waals surface area contributed by atoms with Crippen molar-refractivity contribution < 1.29 is 13.2 Å². The summed E-state index contributed by atoms with van der Waals surface area (Å²) in [6.45, 7) is 0.585. The number of aromatic nitrogens is 1. The van der Waals surface area contributed by atoms with Gasteiger partial charge in [-0.1, -0.05) is 6.07 Å². The molecule has 2 aromatic rings. The van der Waals surface area contributed by atoms with Crippen LogP contribution in [0.1, 0.15) is 34.2 Å². The second-order valence-electron chi connectivity index (χ2n) is 5.07. The van der Waals surface area contributed by atoms with E-state index in [0.29, 0.717) is 6.54 Å². The van der Waals surface area contributed by atoms with Crippen molar-refractivity contribution in [1.82, 2.24) is 9.88 Å². The minimum Gasteiger partial charge on any atom is -0.329 e. The summed E-state index contributed by atoms with van der Waals surface area (Å²) in [7, 11) is -3.90. The number of hydrogen-bond donors (Lipinski definition) is 1. The fourth-order valence-electron chi connectivity index (χ4n) is 2.70. The molecule has 0 spiro atoms. The topological polar surface area (TPSA) is 93.4 Å². The van der Waals surface area contributed by atoms with Crippen LogP contribution in [0, 0.1) is 0 Å². The molecule has 0 bridgehead atoms. The van der Waals surface area contributed by atoms with Crippen LogP contribution in [0.4, 0.5) is 0 Å². The zero-order valence-electron chi connectivity index (χ0n) is 11.7. The van der Waals surface area contributed by atoms with E-state index in [2.05, 4.69) is 4.98 Å². The monoisotopic (exact) mass is 337 g/mol. The molecule has 3 heterocycles. The number of likely N-dealkylation sites (tertiary alicyclic amines) is 1. The summed E-state index contributed by atoms with van der Waals surface area (Å²) in [4.78, 5) is 18.8. The van der Waals surface area contributed by atoms with Crippen molar-refractivity contribution in [2.75, 3.05) is 6.54 Å². The highest BCUT2D eigenvalue weighted by Crippen LogP contribution is 2.34. The number of primary sulfonamides is 1. The number of carbonyl (C=O) groups is 1. The predicted octanol–water partition coefficient (Wildman–Crippen LogP) is 1.77. The van der Waals surface area contributed by atoms with Gasteiger partial charge in [-0.2, -0.15) is 0 Å². The molecule has 0 aliphatic carbocycles. The van der Waals surface area contributed by atoms with Gasteiger partial charge in [0.15, 0.2) is 0 Å². The van der Waals surface area contributed by atoms with E-state index in [-0.39, 0.29) is 21.7 Å². The summed E-state index contributed by atoms with van der Waals surface area (Å²) >= 11 is 1.10. The van der Waals surface area contributed by atoms with Crippen molar-refractivity contribution in [2.24, 2.45) is 5.14 Å². The van der Waals surface area contributed by atoms with Crippen molar-refractivity contribution in [1.29, 1.82) is 0 Å². The Bertz CT molecular complexity index is 787. The number of rotatable bonds is 3. The van der Waals surface area contributed by atoms with E-state index < -0.39 is 10.0 Å². The largest absolute Gasteiger partial charge is 0.329 e. The minimum atomic E-state index is -3.90. The van der Waals surface area contributed by atoms with E-state index in [1.54, 1.807) is 16.5 Å². The molecule has 1 saturated heterocycles. The number of carbonyl (C=O) groups excluding carboxylic acids is 1. The van der Waals surface area contributed by atoms with Crippen LogP contribution in [0.5, 0.6) is 0 Å². The van der Waals surface area contributed by atoms with E-state index in [1.165, 1.54) is 6.07 Å². The molecule has 3 rings (SSSR count). The highest BCUT2D eigenvalue weighted by Gasteiger charge is 2.34. The third kappa shape index (κ3) is 2.77. The molecule has 6 nitrogen and oxygen atoms in total. The molecular weight excluding hydrogens is 322 g/mol. The lowest BCUT2D eigenvalue weighted by molar-refractivity contribution is 0.0734. The summed E-state index contributed by atoms with van der Waals surface area (Å²) in [5.74, 6) is -0.299. The second kappa shape index (κ2) is 5.79. The van der Waals surface area contributed by atoms with Crippen LogP contribution in [-0.2, 0) is 10.0 Å². The smallest absolute Gasteiger partial charge is 0.265 e. The first-order chi connectivity index (χ1) is 10.5. The molecule has 2 N–H and O–H groups in total. The standard InChI is InChI=1S/C14H15N3O3S2/c15-22(19,20)12-6-9-21-13(12)14(18)17-8-3-5-11(17)10-4-1-2-7-16-10/h1-2,4,6-7,9,11H,3,5,8H2,(H2,15,19,20)/t11-/m1/s1. The maximum Gasteiger partial charge on any atom is 0.265 e. The van der Waals surface area contributed by atoms with Gasteiger partial charge in [0.1, 0.15) is 9.77 Å². The second-order valence-corrected chi connectivity index (χ2v) is 7.52. The van der Waals surface area contributed by atoms with Crippen LogP contribution in [0.25, 0.3) is 0 Å². The van der Waals surface area contributed by atoms with Crippen molar-refractivity contribution in [3.8, 4) is 0 Å². The number of nitrogens with two attached hydrogens (primary N) is 1. The third-order valence-corrected chi connectivity index (χ3v) is 5.66. The highest BCUT2D eigenvalue weighted by atomic mass is 32.2. The lowest BCUT2D eigenvalue weighted by atomic mass is 10.1. The molecule has 0 saturated carbocycles. The Morgan fingerprint density at radius 2 is 2.18 bits per heavy atom. The van der Waals surface area contributed by atoms with Crippen molar-refractivity contribution in [2.45, 2.75) is 23.8 Å². The fraction of sp³-hybridized carbons (Fsp3) is 0.286. The Balaban J connectivity index is 1.94. The van der Waals surface area contributed by atoms with Crippen LogP contribution in [0.3, 0.4) is 0 Å². The molecule has 2 aromatic heterocycles. The lowest BCUT2D eigenvalue weighted by Gasteiger charge is -2.24. The number of sulfonamides is 1. The summed E-state index contributed by atoms with van der Waals surface area (Å²) in [6, 6.07) is 6.83. The lowest BCUT2D eigenvalue weighted by Crippen LogP contribution is -2.31. The molecule has 1 atom stereocenters. The number of amides is 1. The molecule has 116 valence electrons. The third-order valence-electron chi connectivity index (χ3n) is 3.67. The van der Waals surface area contributed by atoms with E-state index in [9.17, 15) is 13.2 Å². The van der Waals surface area contributed by atoms with E-state index in [1.807, 2.05) is 18.2 Å². The van der Waals surface area contributed by atoms with Crippen LogP contribution in [0.2, 0.25) is 0 Å². The maximum atomic E-state index is 12.7. The highest BCUT2D eigenvalue weighted by molar-refractivity contribution is 7.89. The van der Waals surface area contributed by atoms with Crippen LogP contribution in [0.15, 0.2) is 40.7 Å². The van der Waals surface area contributed by atoms with Gasteiger partial charge in [0.05, 0.1) is 11.7 Å². The summed E-state index contributed by atoms with van der Waals surface area (Å²) in [6.07, 6.45) is 3.37. The van der Waals surface area contributed by atoms with E-state index >= 15 is 0 Å². The fourth-order valence-corrected chi connectivity index (χ4v) is 4.62. The van der Waals surface area contributed by atoms with Crippen molar-refractivity contribution in [3.05, 3.63) is 46.4 Å². The molecule has 0 unspecified atom stereocenters. The van der Waals surface area contributed by atoms with Gasteiger partial charge in [0.2, 0.25) is 10.0 Å². The zero-order valence-corrected chi connectivity index (χ0v) is 13.3. The van der Waals surface area contributed by atoms with Gasteiger partial charge in [-0.15, -0.1) is 11.3 Å². The average molecular weight is 337 g/mol. The summed E-state index contributed by atoms with van der Waals surface area (Å²) in [5.41, 5.74) is 0.821. The first-order valence-corrected chi connectivity index (χ1v) is 9.23. The molecule has 22 heavy (non-hydrogen) atoms. The maximum absolute atomic E-state index is 12.7. The van der Waals surface area contributed by atoms with Crippen LogP contribution in [-0.4, -0.2) is 30.8 Å². The normalized spacial score (nSPS) is 18.6. The van der Waals surface area contributed by atoms with Gasteiger partial charge < -0.3 is 4.90 Å². The Kier molecular flexibility index (Phi) is 3.98. The SMILES string of the molecule is NS(=O)(=O)c1ccsc1C(=O)N1CCC[C@@H]1c1ccccn1. The van der Waals surface area contributed by atoms with Gasteiger partial charge in [0.25, 0.3) is 5.91 Å². The van der Waals surface area contributed by atoms with Gasteiger partial charge in [-0.25, -0.2) is 13.6 Å². The van der Waals surface area contributed by atoms with Gasteiger partial charge in [-0.05, 0) is 36.4 Å². The molecule has 8 heteroatoms. The van der Waals surface area contributed by atoms with Crippen LogP contribution < -0.4 is 5.14 Å². The van der Waals surface area contributed by atoms with Gasteiger partial charge in [0, 0.05) is 12.7 Å². The molecule has 0 aromatic carbocycles. The number of nitrogens with zero attached hydrogens (tertiary/aromatic N) is 2. The Labute approximate surface area is 132 Å². The van der Waals surface area contributed by atoms with E-state index in [4.69, 9.17) is 5.14 Å². The molecule has 1 amide bonds. The Hall–Kier alpha value is -1.77. The van der Waals surface area contributed by atoms with Crippen molar-refractivity contribution in [3.63, 3.8) is 0 Å². The van der Waals surface area contributed by atoms with Crippen molar-refractivity contribution >= 4 is 27.3 Å². The Morgan fingerprint density at radius 1 is 1.36 bits per heavy atom. The first kappa shape index (κ1) is 15.1. The van der Waals surface area contributed by atoms with Crippen LogP contribution >= 0.6 is 11.3 Å². The molecule has 1 aliphatic heterocycles. The predicted molar refractivity (Wildman–Crippen MR) is 82.9 cm³/mol. The number of thiophene rings is 1. The molecule has 1 aliphatic rings. The zero-order chi connectivity index (χ0) is 15.7.